The molecule has 0 atom stereocenters. The van der Waals surface area contributed by atoms with Crippen molar-refractivity contribution < 1.29 is 13.9 Å². The summed E-state index contributed by atoms with van der Waals surface area (Å²) in [4.78, 5) is 4.32. The van der Waals surface area contributed by atoms with Crippen LogP contribution in [0.15, 0.2) is 42.6 Å². The zero-order chi connectivity index (χ0) is 18.5. The summed E-state index contributed by atoms with van der Waals surface area (Å²) in [6.45, 7) is 0. The summed E-state index contributed by atoms with van der Waals surface area (Å²) in [5, 5.41) is 13.8. The van der Waals surface area contributed by atoms with Crippen LogP contribution in [0.5, 0.6) is 11.5 Å². The van der Waals surface area contributed by atoms with Crippen LogP contribution in [0.2, 0.25) is 5.02 Å². The first kappa shape index (κ1) is 17.7. The molecular formula is C17H15ClFN5O2. The number of rotatable bonds is 6. The summed E-state index contributed by atoms with van der Waals surface area (Å²) in [5.74, 6) is 1.43. The molecule has 0 unspecified atom stereocenters. The summed E-state index contributed by atoms with van der Waals surface area (Å²) in [7, 11) is 3.14. The Bertz CT molecular complexity index is 925. The number of anilines is 4. The second-order valence-corrected chi connectivity index (χ2v) is 5.52. The first-order valence-electron chi connectivity index (χ1n) is 7.50. The third kappa shape index (κ3) is 4.09. The Morgan fingerprint density at radius 1 is 1.04 bits per heavy atom. The number of benzene rings is 2. The van der Waals surface area contributed by atoms with E-state index in [0.29, 0.717) is 28.7 Å². The van der Waals surface area contributed by atoms with Gasteiger partial charge in [0.05, 0.1) is 31.1 Å². The molecule has 3 rings (SSSR count). The SMILES string of the molecule is COc1ccc(OC)c(Nc2cnnc(Nc3ccc(F)c(Cl)c3)n2)c1. The standard InChI is InChI=1S/C17H15ClFN5O2/c1-25-11-4-6-15(26-2)14(8-11)22-16-9-20-24-17(23-16)21-10-3-5-13(19)12(18)7-10/h3-9H,1-2H3,(H2,21,22,23,24). The Labute approximate surface area is 154 Å². The molecule has 0 amide bonds. The molecule has 2 aromatic carbocycles. The number of methoxy groups -OCH3 is 2. The van der Waals surface area contributed by atoms with Gasteiger partial charge in [-0.25, -0.2) is 4.39 Å². The summed E-state index contributed by atoms with van der Waals surface area (Å²) in [6.07, 6.45) is 1.46. The number of aromatic nitrogens is 3. The molecule has 7 nitrogen and oxygen atoms in total. The maximum atomic E-state index is 13.2. The van der Waals surface area contributed by atoms with Crippen molar-refractivity contribution in [3.05, 3.63) is 53.4 Å². The van der Waals surface area contributed by atoms with Crippen molar-refractivity contribution in [1.82, 2.24) is 15.2 Å². The predicted molar refractivity (Wildman–Crippen MR) is 97.3 cm³/mol. The van der Waals surface area contributed by atoms with Crippen molar-refractivity contribution in [2.45, 2.75) is 0 Å². The number of halogens is 2. The molecule has 3 aromatic rings. The lowest BCUT2D eigenvalue weighted by Gasteiger charge is -2.12. The van der Waals surface area contributed by atoms with Crippen LogP contribution in [-0.4, -0.2) is 29.4 Å². The van der Waals surface area contributed by atoms with E-state index >= 15 is 0 Å². The molecule has 0 saturated heterocycles. The lowest BCUT2D eigenvalue weighted by molar-refractivity contribution is 0.405. The van der Waals surface area contributed by atoms with Gasteiger partial charge in [0.2, 0.25) is 5.95 Å². The molecule has 2 N–H and O–H groups in total. The van der Waals surface area contributed by atoms with Crippen LogP contribution in [0.3, 0.4) is 0 Å². The van der Waals surface area contributed by atoms with Crippen LogP contribution in [0.4, 0.5) is 27.5 Å². The van der Waals surface area contributed by atoms with Crippen molar-refractivity contribution in [3.8, 4) is 11.5 Å². The van der Waals surface area contributed by atoms with Gasteiger partial charge in [-0.15, -0.1) is 5.10 Å². The highest BCUT2D eigenvalue weighted by Gasteiger charge is 2.08. The van der Waals surface area contributed by atoms with E-state index in [4.69, 9.17) is 21.1 Å². The summed E-state index contributed by atoms with van der Waals surface area (Å²) < 4.78 is 23.8. The topological polar surface area (TPSA) is 81.2 Å². The van der Waals surface area contributed by atoms with Crippen molar-refractivity contribution in [2.75, 3.05) is 24.9 Å². The van der Waals surface area contributed by atoms with E-state index in [-0.39, 0.29) is 11.0 Å². The molecule has 0 bridgehead atoms. The monoisotopic (exact) mass is 375 g/mol. The molecule has 0 saturated carbocycles. The van der Waals surface area contributed by atoms with E-state index < -0.39 is 5.82 Å². The van der Waals surface area contributed by atoms with Crippen LogP contribution in [0.25, 0.3) is 0 Å². The predicted octanol–water partition coefficient (Wildman–Crippen LogP) is 4.17. The van der Waals surface area contributed by atoms with E-state index in [9.17, 15) is 4.39 Å². The van der Waals surface area contributed by atoms with Crippen LogP contribution in [0, 0.1) is 5.82 Å². The molecule has 134 valence electrons. The fraction of sp³-hybridized carbons (Fsp3) is 0.118. The molecule has 26 heavy (non-hydrogen) atoms. The van der Waals surface area contributed by atoms with E-state index in [0.717, 1.165) is 0 Å². The lowest BCUT2D eigenvalue weighted by Crippen LogP contribution is -2.03. The van der Waals surface area contributed by atoms with Crippen LogP contribution in [0.1, 0.15) is 0 Å². The lowest BCUT2D eigenvalue weighted by atomic mass is 10.2. The van der Waals surface area contributed by atoms with Gasteiger partial charge in [-0.3, -0.25) is 0 Å². The van der Waals surface area contributed by atoms with E-state index in [1.54, 1.807) is 32.4 Å². The Morgan fingerprint density at radius 3 is 2.62 bits per heavy atom. The molecule has 0 aliphatic rings. The quantitative estimate of drug-likeness (QED) is 0.669. The Balaban J connectivity index is 1.82. The Kier molecular flexibility index (Phi) is 5.33. The van der Waals surface area contributed by atoms with E-state index in [2.05, 4.69) is 25.8 Å². The first-order chi connectivity index (χ1) is 12.6. The second-order valence-electron chi connectivity index (χ2n) is 5.11. The smallest absolute Gasteiger partial charge is 0.249 e. The largest absolute Gasteiger partial charge is 0.497 e. The maximum Gasteiger partial charge on any atom is 0.249 e. The molecule has 0 aliphatic heterocycles. The van der Waals surface area contributed by atoms with Gasteiger partial charge in [0, 0.05) is 11.8 Å². The van der Waals surface area contributed by atoms with Gasteiger partial charge in [0.25, 0.3) is 0 Å². The highest BCUT2D eigenvalue weighted by Crippen LogP contribution is 2.31. The van der Waals surface area contributed by atoms with Gasteiger partial charge < -0.3 is 20.1 Å². The van der Waals surface area contributed by atoms with Gasteiger partial charge >= 0.3 is 0 Å². The summed E-state index contributed by atoms with van der Waals surface area (Å²) in [6, 6.07) is 9.54. The fourth-order valence-corrected chi connectivity index (χ4v) is 2.35. The fourth-order valence-electron chi connectivity index (χ4n) is 2.17. The van der Waals surface area contributed by atoms with Crippen LogP contribution in [-0.2, 0) is 0 Å². The molecule has 0 spiro atoms. The molecule has 0 radical (unpaired) electrons. The molecule has 1 heterocycles. The van der Waals surface area contributed by atoms with Crippen molar-refractivity contribution in [1.29, 1.82) is 0 Å². The molecule has 0 fully saturated rings. The zero-order valence-corrected chi connectivity index (χ0v) is 14.7. The Morgan fingerprint density at radius 2 is 1.88 bits per heavy atom. The number of ether oxygens (including phenoxy) is 2. The number of nitrogens with zero attached hydrogens (tertiary/aromatic N) is 3. The summed E-state index contributed by atoms with van der Waals surface area (Å²) in [5.41, 5.74) is 1.19. The second kappa shape index (κ2) is 7.83. The normalized spacial score (nSPS) is 10.3. The number of hydrogen-bond acceptors (Lipinski definition) is 7. The van der Waals surface area contributed by atoms with E-state index in [1.807, 2.05) is 0 Å². The minimum absolute atomic E-state index is 0.00152. The number of hydrogen-bond donors (Lipinski definition) is 2. The highest BCUT2D eigenvalue weighted by molar-refractivity contribution is 6.31. The minimum Gasteiger partial charge on any atom is -0.497 e. The Hall–Kier alpha value is -3.13. The molecule has 1 aromatic heterocycles. The average Bonchev–Trinajstić information content (AvgIpc) is 2.65. The van der Waals surface area contributed by atoms with Gasteiger partial charge in [-0.2, -0.15) is 10.1 Å². The van der Waals surface area contributed by atoms with Crippen molar-refractivity contribution >= 4 is 34.7 Å². The minimum atomic E-state index is -0.503. The van der Waals surface area contributed by atoms with E-state index in [1.165, 1.54) is 24.4 Å². The average molecular weight is 376 g/mol. The van der Waals surface area contributed by atoms with Crippen LogP contribution < -0.4 is 20.1 Å². The van der Waals surface area contributed by atoms with Crippen LogP contribution >= 0.6 is 11.6 Å². The molecule has 0 aliphatic carbocycles. The maximum absolute atomic E-state index is 13.2. The molecular weight excluding hydrogens is 361 g/mol. The van der Waals surface area contributed by atoms with Gasteiger partial charge in [-0.1, -0.05) is 11.6 Å². The summed E-state index contributed by atoms with van der Waals surface area (Å²) >= 11 is 5.77. The third-order valence-electron chi connectivity index (χ3n) is 3.40. The number of nitrogens with one attached hydrogen (secondary N) is 2. The zero-order valence-electron chi connectivity index (χ0n) is 14.0. The van der Waals surface area contributed by atoms with Gasteiger partial charge in [0.15, 0.2) is 5.82 Å². The highest BCUT2D eigenvalue weighted by atomic mass is 35.5. The van der Waals surface area contributed by atoms with Crippen molar-refractivity contribution in [3.63, 3.8) is 0 Å². The molecule has 9 heteroatoms. The third-order valence-corrected chi connectivity index (χ3v) is 3.69. The van der Waals surface area contributed by atoms with Gasteiger partial charge in [-0.05, 0) is 30.3 Å². The van der Waals surface area contributed by atoms with Crippen molar-refractivity contribution in [2.24, 2.45) is 0 Å². The van der Waals surface area contributed by atoms with Gasteiger partial charge in [0.1, 0.15) is 17.3 Å². The first-order valence-corrected chi connectivity index (χ1v) is 7.87.